The van der Waals surface area contributed by atoms with Gasteiger partial charge in [-0.2, -0.15) is 0 Å². The average Bonchev–Trinajstić information content (AvgIpc) is 2.23. The van der Waals surface area contributed by atoms with Gasteiger partial charge >= 0.3 is 5.97 Å². The Balaban J connectivity index is 4.07. The molecule has 0 heterocycles. The third-order valence-corrected chi connectivity index (χ3v) is 4.31. The van der Waals surface area contributed by atoms with Crippen LogP contribution in [0.2, 0.25) is 0 Å². The molecule has 0 radical (unpaired) electrons. The normalized spacial score (nSPS) is 12.0. The van der Waals surface area contributed by atoms with Crippen molar-refractivity contribution in [3.05, 3.63) is 0 Å². The smallest absolute Gasteiger partial charge is 0.320 e. The highest BCUT2D eigenvalue weighted by Gasteiger charge is 2.21. The zero-order valence-corrected chi connectivity index (χ0v) is 13.5. The maximum atomic E-state index is 11.4. The van der Waals surface area contributed by atoms with Crippen molar-refractivity contribution in [2.75, 3.05) is 25.3 Å². The Morgan fingerprint density at radius 3 is 2.37 bits per heavy atom. The van der Waals surface area contributed by atoms with Crippen molar-refractivity contribution < 1.29 is 22.7 Å². The Kier molecular flexibility index (Phi) is 8.41. The number of carbonyl (C=O) groups excluding carboxylic acids is 2. The number of thioether (sulfide) groups is 1. The zero-order chi connectivity index (χ0) is 15.1. The fourth-order valence-electron chi connectivity index (χ4n) is 0.714. The van der Waals surface area contributed by atoms with Crippen LogP contribution in [0.4, 0.5) is 0 Å². The Morgan fingerprint density at radius 1 is 1.32 bits per heavy atom. The second-order valence-electron chi connectivity index (χ2n) is 2.99. The Labute approximate surface area is 129 Å². The first-order valence-corrected chi connectivity index (χ1v) is 8.34. The molecule has 2 N–H and O–H groups in total. The number of hydrogen-bond donors (Lipinski definition) is 2. The number of methoxy groups -OCH3 is 1. The van der Waals surface area contributed by atoms with E-state index in [4.69, 9.17) is 34.8 Å². The predicted molar refractivity (Wildman–Crippen MR) is 74.7 cm³/mol. The zero-order valence-electron chi connectivity index (χ0n) is 9.61. The standard InChI is InChI=1S/C7H11Cl3N2O5S2/c1-17-6(14)2-12-19(15,16)3-5(13)11-4-18-7(8,9)10/h12H,2-4H2,1H3,(H,11,13). The molecule has 0 bridgehead atoms. The molecule has 0 atom stereocenters. The lowest BCUT2D eigenvalue weighted by molar-refractivity contribution is -0.139. The number of amides is 1. The van der Waals surface area contributed by atoms with Crippen molar-refractivity contribution in [1.82, 2.24) is 10.0 Å². The van der Waals surface area contributed by atoms with Gasteiger partial charge in [-0.05, 0) is 0 Å². The van der Waals surface area contributed by atoms with Crippen LogP contribution in [0.15, 0.2) is 0 Å². The second kappa shape index (κ2) is 8.38. The number of ether oxygens (including phenoxy) is 1. The van der Waals surface area contributed by atoms with Crippen molar-refractivity contribution in [2.45, 2.75) is 3.12 Å². The van der Waals surface area contributed by atoms with Crippen molar-refractivity contribution in [3.8, 4) is 0 Å². The largest absolute Gasteiger partial charge is 0.468 e. The van der Waals surface area contributed by atoms with E-state index in [-0.39, 0.29) is 5.88 Å². The summed E-state index contributed by atoms with van der Waals surface area (Å²) in [5.74, 6) is -2.47. The van der Waals surface area contributed by atoms with Gasteiger partial charge in [-0.3, -0.25) is 9.59 Å². The fraction of sp³-hybridized carbons (Fsp3) is 0.714. The summed E-state index contributed by atoms with van der Waals surface area (Å²) in [6, 6.07) is 0. The molecule has 0 saturated carbocycles. The molecule has 19 heavy (non-hydrogen) atoms. The van der Waals surface area contributed by atoms with Gasteiger partial charge in [0, 0.05) is 0 Å². The fourth-order valence-corrected chi connectivity index (χ4v) is 2.49. The Morgan fingerprint density at radius 2 is 1.89 bits per heavy atom. The molecule has 0 spiro atoms. The first kappa shape index (κ1) is 19.1. The van der Waals surface area contributed by atoms with Crippen molar-refractivity contribution in [1.29, 1.82) is 0 Å². The Bertz CT molecular complexity index is 423. The summed E-state index contributed by atoms with van der Waals surface area (Å²) in [5.41, 5.74) is 0. The molecule has 12 heteroatoms. The Hall–Kier alpha value is 0.0700. The number of carbonyl (C=O) groups is 2. The van der Waals surface area contributed by atoms with Gasteiger partial charge in [0.05, 0.1) is 13.0 Å². The molecular formula is C7H11Cl3N2O5S2. The minimum absolute atomic E-state index is 0.0676. The van der Waals surface area contributed by atoms with E-state index in [1.807, 2.05) is 4.72 Å². The second-order valence-corrected chi connectivity index (χ2v) is 8.94. The molecule has 0 aromatic carbocycles. The number of sulfonamides is 1. The van der Waals surface area contributed by atoms with E-state index in [0.29, 0.717) is 0 Å². The van der Waals surface area contributed by atoms with Crippen LogP contribution >= 0.6 is 46.6 Å². The van der Waals surface area contributed by atoms with Gasteiger partial charge in [-0.25, -0.2) is 13.1 Å². The number of halogens is 3. The summed E-state index contributed by atoms with van der Waals surface area (Å²) >= 11 is 17.0. The molecule has 0 fully saturated rings. The summed E-state index contributed by atoms with van der Waals surface area (Å²) in [7, 11) is -2.81. The van der Waals surface area contributed by atoms with E-state index in [1.165, 1.54) is 0 Å². The number of esters is 1. The molecular weight excluding hydrogens is 363 g/mol. The molecule has 1 amide bonds. The number of rotatable bonds is 7. The predicted octanol–water partition coefficient (Wildman–Crippen LogP) is 0.213. The van der Waals surface area contributed by atoms with Crippen LogP contribution in [0.3, 0.4) is 0 Å². The topological polar surface area (TPSA) is 102 Å². The molecule has 0 aliphatic rings. The van der Waals surface area contributed by atoms with Crippen LogP contribution in [0.25, 0.3) is 0 Å². The summed E-state index contributed by atoms with van der Waals surface area (Å²) in [6.07, 6.45) is 0. The number of nitrogens with one attached hydrogen (secondary N) is 2. The summed E-state index contributed by atoms with van der Waals surface area (Å²) < 4.78 is 27.2. The summed E-state index contributed by atoms with van der Waals surface area (Å²) in [5, 5.41) is 2.23. The van der Waals surface area contributed by atoms with Crippen molar-refractivity contribution >= 4 is 68.5 Å². The van der Waals surface area contributed by atoms with E-state index >= 15 is 0 Å². The van der Waals surface area contributed by atoms with E-state index in [1.54, 1.807) is 0 Å². The summed E-state index contributed by atoms with van der Waals surface area (Å²) in [4.78, 5) is 22.0. The van der Waals surface area contributed by atoms with Gasteiger partial charge < -0.3 is 10.1 Å². The minimum Gasteiger partial charge on any atom is -0.468 e. The molecule has 0 aromatic rings. The maximum Gasteiger partial charge on any atom is 0.320 e. The van der Waals surface area contributed by atoms with E-state index in [9.17, 15) is 18.0 Å². The van der Waals surface area contributed by atoms with Gasteiger partial charge in [0.25, 0.3) is 0 Å². The van der Waals surface area contributed by atoms with Crippen LogP contribution < -0.4 is 10.0 Å². The lowest BCUT2D eigenvalue weighted by Crippen LogP contribution is -2.38. The molecule has 0 aromatic heterocycles. The SMILES string of the molecule is COC(=O)CNS(=O)(=O)CC(=O)NCSC(Cl)(Cl)Cl. The van der Waals surface area contributed by atoms with E-state index < -0.39 is 37.3 Å². The van der Waals surface area contributed by atoms with E-state index in [0.717, 1.165) is 18.9 Å². The molecule has 0 saturated heterocycles. The first-order valence-electron chi connectivity index (χ1n) is 4.57. The molecule has 0 rings (SSSR count). The number of alkyl halides is 3. The molecule has 112 valence electrons. The highest BCUT2D eigenvalue weighted by molar-refractivity contribution is 8.04. The van der Waals surface area contributed by atoms with Crippen LogP contribution in [-0.2, 0) is 24.3 Å². The maximum absolute atomic E-state index is 11.4. The highest BCUT2D eigenvalue weighted by Crippen LogP contribution is 2.37. The lowest BCUT2D eigenvalue weighted by atomic mass is 10.7. The lowest BCUT2D eigenvalue weighted by Gasteiger charge is -2.11. The van der Waals surface area contributed by atoms with Gasteiger partial charge in [0.1, 0.15) is 12.3 Å². The van der Waals surface area contributed by atoms with Crippen LogP contribution in [-0.4, -0.2) is 48.7 Å². The van der Waals surface area contributed by atoms with Gasteiger partial charge in [-0.15, -0.1) is 0 Å². The van der Waals surface area contributed by atoms with Gasteiger partial charge in [0.15, 0.2) is 0 Å². The van der Waals surface area contributed by atoms with Crippen molar-refractivity contribution in [3.63, 3.8) is 0 Å². The molecule has 0 aliphatic heterocycles. The summed E-state index contributed by atoms with van der Waals surface area (Å²) in [6.45, 7) is -0.547. The third kappa shape index (κ3) is 11.6. The van der Waals surface area contributed by atoms with Crippen LogP contribution in [0.1, 0.15) is 0 Å². The van der Waals surface area contributed by atoms with Crippen LogP contribution in [0, 0.1) is 0 Å². The quantitative estimate of drug-likeness (QED) is 0.376. The average molecular weight is 374 g/mol. The van der Waals surface area contributed by atoms with Crippen molar-refractivity contribution in [2.24, 2.45) is 0 Å². The van der Waals surface area contributed by atoms with Gasteiger partial charge in [-0.1, -0.05) is 46.6 Å². The van der Waals surface area contributed by atoms with Gasteiger partial charge in [0.2, 0.25) is 19.1 Å². The van der Waals surface area contributed by atoms with Crippen LogP contribution in [0.5, 0.6) is 0 Å². The highest BCUT2D eigenvalue weighted by atomic mass is 35.6. The molecule has 0 unspecified atom stereocenters. The van der Waals surface area contributed by atoms with E-state index in [2.05, 4.69) is 10.1 Å². The third-order valence-electron chi connectivity index (χ3n) is 1.49. The monoisotopic (exact) mass is 372 g/mol. The number of hydrogen-bond acceptors (Lipinski definition) is 6. The molecule has 0 aliphatic carbocycles. The minimum atomic E-state index is -3.92. The molecule has 7 nitrogen and oxygen atoms in total. The first-order chi connectivity index (χ1) is 8.56.